The van der Waals surface area contributed by atoms with E-state index in [2.05, 4.69) is 31.2 Å². The maximum absolute atomic E-state index is 10.9. The molecule has 26 heavy (non-hydrogen) atoms. The van der Waals surface area contributed by atoms with E-state index in [9.17, 15) is 4.79 Å². The molecule has 0 radical (unpaired) electrons. The Hall–Kier alpha value is -2.38. The van der Waals surface area contributed by atoms with E-state index in [1.54, 1.807) is 0 Å². The molecule has 7 nitrogen and oxygen atoms in total. The number of nitrogens with one attached hydrogen (secondary N) is 1. The fraction of sp³-hybridized carbons (Fsp3) is 0.389. The normalized spacial score (nSPS) is 15.0. The second-order valence-electron chi connectivity index (χ2n) is 6.16. The standard InChI is InChI=1S/C18H22ClN5O2/c19-14-3-1-4-15(13-14)24-11-9-23(10-12-24)8-2-6-20-18-21-7-5-16(22-18)17(25)26/h1,3-5,7,13H,2,6,8-12H2,(H,25,26)(H,20,21,22). The highest BCUT2D eigenvalue weighted by Crippen LogP contribution is 2.20. The number of nitrogens with zero attached hydrogens (tertiary/aromatic N) is 4. The summed E-state index contributed by atoms with van der Waals surface area (Å²) in [6.45, 7) is 5.68. The van der Waals surface area contributed by atoms with Gasteiger partial charge in [-0.05, 0) is 37.2 Å². The van der Waals surface area contributed by atoms with Crippen molar-refractivity contribution in [3.05, 3.63) is 47.2 Å². The largest absolute Gasteiger partial charge is 0.477 e. The monoisotopic (exact) mass is 375 g/mol. The number of carbonyl (C=O) groups is 1. The fourth-order valence-corrected chi connectivity index (χ4v) is 3.15. The van der Waals surface area contributed by atoms with Gasteiger partial charge in [0.1, 0.15) is 0 Å². The Kier molecular flexibility index (Phi) is 6.25. The number of aromatic nitrogens is 2. The first-order valence-corrected chi connectivity index (χ1v) is 9.03. The molecule has 0 unspecified atom stereocenters. The topological polar surface area (TPSA) is 81.6 Å². The summed E-state index contributed by atoms with van der Waals surface area (Å²) in [5.41, 5.74) is 1.17. The quantitative estimate of drug-likeness (QED) is 0.719. The van der Waals surface area contributed by atoms with Crippen molar-refractivity contribution in [1.82, 2.24) is 14.9 Å². The Morgan fingerprint density at radius 1 is 1.23 bits per heavy atom. The molecule has 1 aromatic heterocycles. The summed E-state index contributed by atoms with van der Waals surface area (Å²) in [6, 6.07) is 9.36. The van der Waals surface area contributed by atoms with Crippen LogP contribution in [0.3, 0.4) is 0 Å². The van der Waals surface area contributed by atoms with Gasteiger partial charge in [-0.15, -0.1) is 0 Å². The van der Waals surface area contributed by atoms with E-state index < -0.39 is 5.97 Å². The lowest BCUT2D eigenvalue weighted by Crippen LogP contribution is -2.46. The zero-order valence-corrected chi connectivity index (χ0v) is 15.2. The van der Waals surface area contributed by atoms with Crippen molar-refractivity contribution in [2.75, 3.05) is 49.5 Å². The van der Waals surface area contributed by atoms with Gasteiger partial charge in [0, 0.05) is 49.6 Å². The van der Waals surface area contributed by atoms with Gasteiger partial charge >= 0.3 is 5.97 Å². The number of piperazine rings is 1. The Morgan fingerprint density at radius 2 is 2.04 bits per heavy atom. The molecule has 2 aromatic rings. The molecule has 1 aliphatic rings. The van der Waals surface area contributed by atoms with Gasteiger partial charge in [0.25, 0.3) is 0 Å². The molecule has 0 aliphatic carbocycles. The first-order chi connectivity index (χ1) is 12.6. The molecule has 0 atom stereocenters. The third-order valence-corrected chi connectivity index (χ3v) is 4.59. The summed E-state index contributed by atoms with van der Waals surface area (Å²) in [5, 5.41) is 12.8. The summed E-state index contributed by atoms with van der Waals surface area (Å²) >= 11 is 6.07. The molecule has 138 valence electrons. The minimum atomic E-state index is -1.05. The molecule has 2 heterocycles. The number of hydrogen-bond acceptors (Lipinski definition) is 6. The molecule has 8 heteroatoms. The van der Waals surface area contributed by atoms with Crippen molar-refractivity contribution >= 4 is 29.2 Å². The second-order valence-corrected chi connectivity index (χ2v) is 6.60. The highest BCUT2D eigenvalue weighted by molar-refractivity contribution is 6.30. The van der Waals surface area contributed by atoms with E-state index in [0.29, 0.717) is 12.5 Å². The van der Waals surface area contributed by atoms with Crippen LogP contribution in [-0.2, 0) is 0 Å². The van der Waals surface area contributed by atoms with E-state index in [4.69, 9.17) is 16.7 Å². The van der Waals surface area contributed by atoms with E-state index >= 15 is 0 Å². The van der Waals surface area contributed by atoms with Crippen LogP contribution in [-0.4, -0.2) is 65.2 Å². The van der Waals surface area contributed by atoms with Crippen LogP contribution in [0.25, 0.3) is 0 Å². The van der Waals surface area contributed by atoms with E-state index in [1.807, 2.05) is 18.2 Å². The van der Waals surface area contributed by atoms with Crippen LogP contribution in [0.1, 0.15) is 16.9 Å². The Morgan fingerprint density at radius 3 is 2.77 bits per heavy atom. The Balaban J connectivity index is 1.38. The lowest BCUT2D eigenvalue weighted by molar-refractivity contribution is 0.0690. The molecule has 1 fully saturated rings. The van der Waals surface area contributed by atoms with E-state index in [-0.39, 0.29) is 5.69 Å². The van der Waals surface area contributed by atoms with Gasteiger partial charge in [-0.3, -0.25) is 4.90 Å². The summed E-state index contributed by atoms with van der Waals surface area (Å²) in [7, 11) is 0. The van der Waals surface area contributed by atoms with Crippen molar-refractivity contribution in [3.8, 4) is 0 Å². The average Bonchev–Trinajstić information content (AvgIpc) is 2.66. The first-order valence-electron chi connectivity index (χ1n) is 8.65. The molecule has 1 saturated heterocycles. The number of hydrogen-bond donors (Lipinski definition) is 2. The molecule has 1 aliphatic heterocycles. The maximum atomic E-state index is 10.9. The van der Waals surface area contributed by atoms with Crippen LogP contribution < -0.4 is 10.2 Å². The lowest BCUT2D eigenvalue weighted by atomic mass is 10.2. The summed E-state index contributed by atoms with van der Waals surface area (Å²) < 4.78 is 0. The second kappa shape index (κ2) is 8.82. The van der Waals surface area contributed by atoms with E-state index in [0.717, 1.165) is 44.2 Å². The summed E-state index contributed by atoms with van der Waals surface area (Å²) in [5.74, 6) is -0.691. The highest BCUT2D eigenvalue weighted by Gasteiger charge is 2.17. The summed E-state index contributed by atoms with van der Waals surface area (Å²) in [6.07, 6.45) is 2.39. The minimum Gasteiger partial charge on any atom is -0.477 e. The maximum Gasteiger partial charge on any atom is 0.354 e. The number of halogens is 1. The molecular weight excluding hydrogens is 354 g/mol. The number of rotatable bonds is 7. The van der Waals surface area contributed by atoms with Gasteiger partial charge in [0.05, 0.1) is 0 Å². The molecule has 1 aromatic carbocycles. The SMILES string of the molecule is O=C(O)c1ccnc(NCCCN2CCN(c3cccc(Cl)c3)CC2)n1. The summed E-state index contributed by atoms with van der Waals surface area (Å²) in [4.78, 5) is 23.7. The molecule has 0 saturated carbocycles. The molecule has 0 amide bonds. The minimum absolute atomic E-state index is 0.000336. The zero-order chi connectivity index (χ0) is 18.4. The van der Waals surface area contributed by atoms with Gasteiger partial charge in [-0.1, -0.05) is 17.7 Å². The number of benzene rings is 1. The van der Waals surface area contributed by atoms with Crippen LogP contribution in [0, 0.1) is 0 Å². The molecule has 2 N–H and O–H groups in total. The van der Waals surface area contributed by atoms with Crippen molar-refractivity contribution < 1.29 is 9.90 Å². The smallest absolute Gasteiger partial charge is 0.354 e. The number of carboxylic acids is 1. The van der Waals surface area contributed by atoms with Crippen LogP contribution in [0.15, 0.2) is 36.5 Å². The Labute approximate surface area is 157 Å². The van der Waals surface area contributed by atoms with Gasteiger partial charge < -0.3 is 15.3 Å². The molecule has 0 bridgehead atoms. The van der Waals surface area contributed by atoms with Crippen LogP contribution in [0.2, 0.25) is 5.02 Å². The molecule has 3 rings (SSSR count). The number of carboxylic acid groups (broad SMARTS) is 1. The van der Waals surface area contributed by atoms with E-state index in [1.165, 1.54) is 18.0 Å². The Bertz CT molecular complexity index is 750. The van der Waals surface area contributed by atoms with Crippen molar-refractivity contribution in [3.63, 3.8) is 0 Å². The fourth-order valence-electron chi connectivity index (χ4n) is 2.97. The van der Waals surface area contributed by atoms with Gasteiger partial charge in [-0.25, -0.2) is 14.8 Å². The predicted molar refractivity (Wildman–Crippen MR) is 102 cm³/mol. The van der Waals surface area contributed by atoms with Gasteiger partial charge in [-0.2, -0.15) is 0 Å². The van der Waals surface area contributed by atoms with Crippen molar-refractivity contribution in [1.29, 1.82) is 0 Å². The molecule has 0 spiro atoms. The number of anilines is 2. The lowest BCUT2D eigenvalue weighted by Gasteiger charge is -2.36. The molecular formula is C18H22ClN5O2. The highest BCUT2D eigenvalue weighted by atomic mass is 35.5. The third kappa shape index (κ3) is 5.06. The first kappa shape index (κ1) is 18.4. The van der Waals surface area contributed by atoms with Gasteiger partial charge in [0.15, 0.2) is 5.69 Å². The van der Waals surface area contributed by atoms with Crippen LogP contribution >= 0.6 is 11.6 Å². The van der Waals surface area contributed by atoms with Crippen molar-refractivity contribution in [2.24, 2.45) is 0 Å². The number of aromatic carboxylic acids is 1. The zero-order valence-electron chi connectivity index (χ0n) is 14.4. The van der Waals surface area contributed by atoms with Crippen LogP contribution in [0.4, 0.5) is 11.6 Å². The average molecular weight is 376 g/mol. The van der Waals surface area contributed by atoms with Gasteiger partial charge in [0.2, 0.25) is 5.95 Å². The van der Waals surface area contributed by atoms with Crippen molar-refractivity contribution in [2.45, 2.75) is 6.42 Å². The predicted octanol–water partition coefficient (Wildman–Crippen LogP) is 2.45. The van der Waals surface area contributed by atoms with Crippen LogP contribution in [0.5, 0.6) is 0 Å². The third-order valence-electron chi connectivity index (χ3n) is 4.35.